The Morgan fingerprint density at radius 3 is 2.26 bits per heavy atom. The van der Waals surface area contributed by atoms with Crippen molar-refractivity contribution in [3.8, 4) is 0 Å². The van der Waals surface area contributed by atoms with Gasteiger partial charge in [0.2, 0.25) is 0 Å². The lowest BCUT2D eigenvalue weighted by Crippen LogP contribution is -2.26. The topological polar surface area (TPSA) is 66.8 Å². The third kappa shape index (κ3) is 8.64. The molecule has 0 radical (unpaired) electrons. The van der Waals surface area contributed by atoms with Gasteiger partial charge < -0.3 is 14.9 Å². The maximum Gasteiger partial charge on any atom is 0.348 e. The van der Waals surface area contributed by atoms with Crippen molar-refractivity contribution in [2.24, 2.45) is 11.8 Å². The minimum atomic E-state index is -0.443. The molecule has 1 aliphatic heterocycles. The largest absolute Gasteiger partial charge is 0.511 e. The SMILES string of the molecule is CC1CCCCC1.Cc1cc(SC2=C(O)CC(CCC(C)C)OC2=O)c(C(C)(C)C)cc1CO. The molecule has 1 atom stereocenters. The van der Waals surface area contributed by atoms with Crippen LogP contribution in [0.25, 0.3) is 0 Å². The summed E-state index contributed by atoms with van der Waals surface area (Å²) < 4.78 is 5.57. The minimum Gasteiger partial charge on any atom is -0.511 e. The average molecular weight is 491 g/mol. The number of hydrogen-bond acceptors (Lipinski definition) is 5. The van der Waals surface area contributed by atoms with Crippen LogP contribution in [-0.4, -0.2) is 22.3 Å². The van der Waals surface area contributed by atoms with Gasteiger partial charge in [-0.25, -0.2) is 4.79 Å². The van der Waals surface area contributed by atoms with Crippen molar-refractivity contribution in [1.82, 2.24) is 0 Å². The molecule has 4 nitrogen and oxygen atoms in total. The van der Waals surface area contributed by atoms with Crippen LogP contribution in [0.15, 0.2) is 27.7 Å². The fraction of sp³-hybridized carbons (Fsp3) is 0.690. The molecule has 0 bridgehead atoms. The summed E-state index contributed by atoms with van der Waals surface area (Å²) in [6.07, 6.45) is 9.29. The quantitative estimate of drug-likeness (QED) is 0.396. The molecule has 3 rings (SSSR count). The first-order chi connectivity index (χ1) is 15.9. The number of thioether (sulfide) groups is 1. The average Bonchev–Trinajstić information content (AvgIpc) is 2.75. The van der Waals surface area contributed by atoms with E-state index in [0.717, 1.165) is 40.3 Å². The van der Waals surface area contributed by atoms with Crippen molar-refractivity contribution in [3.05, 3.63) is 39.5 Å². The number of rotatable bonds is 6. The Balaban J connectivity index is 0.000000497. The fourth-order valence-corrected chi connectivity index (χ4v) is 5.70. The Kier molecular flexibility index (Phi) is 11.0. The molecule has 1 heterocycles. The number of aryl methyl sites for hydroxylation is 1. The van der Waals surface area contributed by atoms with E-state index < -0.39 is 5.97 Å². The van der Waals surface area contributed by atoms with Gasteiger partial charge in [0.15, 0.2) is 0 Å². The van der Waals surface area contributed by atoms with Crippen LogP contribution >= 0.6 is 11.8 Å². The van der Waals surface area contributed by atoms with E-state index in [1.165, 1.54) is 43.9 Å². The molecule has 1 aliphatic carbocycles. The number of carbonyl (C=O) groups is 1. The molecule has 5 heteroatoms. The molecule has 0 saturated heterocycles. The van der Waals surface area contributed by atoms with Crippen LogP contribution in [0, 0.1) is 18.8 Å². The summed E-state index contributed by atoms with van der Waals surface area (Å²) in [6.45, 7) is 14.8. The molecular formula is C29H46O4S. The predicted molar refractivity (Wildman–Crippen MR) is 142 cm³/mol. The predicted octanol–water partition coefficient (Wildman–Crippen LogP) is 7.98. The molecule has 1 saturated carbocycles. The second-order valence-corrected chi connectivity index (χ2v) is 12.6. The summed E-state index contributed by atoms with van der Waals surface area (Å²) >= 11 is 1.27. The van der Waals surface area contributed by atoms with Gasteiger partial charge in [0, 0.05) is 11.3 Å². The van der Waals surface area contributed by atoms with Gasteiger partial charge in [0.05, 0.1) is 6.61 Å². The molecular weight excluding hydrogens is 444 g/mol. The van der Waals surface area contributed by atoms with Crippen molar-refractivity contribution in [2.45, 2.75) is 123 Å². The van der Waals surface area contributed by atoms with Gasteiger partial charge in [0.25, 0.3) is 0 Å². The molecule has 1 aromatic rings. The van der Waals surface area contributed by atoms with E-state index >= 15 is 0 Å². The van der Waals surface area contributed by atoms with Crippen LogP contribution in [0.2, 0.25) is 0 Å². The van der Waals surface area contributed by atoms with Crippen LogP contribution in [-0.2, 0) is 21.6 Å². The second kappa shape index (κ2) is 13.0. The van der Waals surface area contributed by atoms with Gasteiger partial charge in [-0.2, -0.15) is 0 Å². The molecule has 0 aromatic heterocycles. The monoisotopic (exact) mass is 490 g/mol. The van der Waals surface area contributed by atoms with Gasteiger partial charge >= 0.3 is 5.97 Å². The summed E-state index contributed by atoms with van der Waals surface area (Å²) in [5.74, 6) is 1.25. The van der Waals surface area contributed by atoms with Gasteiger partial charge in [-0.15, -0.1) is 0 Å². The maximum absolute atomic E-state index is 12.5. The third-order valence-electron chi connectivity index (χ3n) is 6.73. The molecule has 2 aliphatic rings. The first-order valence-corrected chi connectivity index (χ1v) is 13.8. The van der Waals surface area contributed by atoms with Crippen molar-refractivity contribution >= 4 is 17.7 Å². The van der Waals surface area contributed by atoms with Crippen LogP contribution in [0.1, 0.15) is 110 Å². The molecule has 0 amide bonds. The van der Waals surface area contributed by atoms with Crippen LogP contribution in [0.4, 0.5) is 0 Å². The van der Waals surface area contributed by atoms with E-state index in [2.05, 4.69) is 41.5 Å². The fourth-order valence-electron chi connectivity index (χ4n) is 4.44. The van der Waals surface area contributed by atoms with Crippen molar-refractivity contribution in [3.63, 3.8) is 0 Å². The minimum absolute atomic E-state index is 0.0205. The Morgan fingerprint density at radius 2 is 1.79 bits per heavy atom. The van der Waals surface area contributed by atoms with Gasteiger partial charge in [0.1, 0.15) is 16.8 Å². The smallest absolute Gasteiger partial charge is 0.348 e. The summed E-state index contributed by atoms with van der Waals surface area (Å²) in [5, 5.41) is 20.1. The summed E-state index contributed by atoms with van der Waals surface area (Å²) in [5.41, 5.74) is 2.72. The van der Waals surface area contributed by atoms with E-state index in [9.17, 15) is 15.0 Å². The van der Waals surface area contributed by atoms with Gasteiger partial charge in [-0.05, 0) is 59.8 Å². The number of cyclic esters (lactones) is 1. The number of aliphatic hydroxyl groups is 2. The Labute approximate surface area is 211 Å². The van der Waals surface area contributed by atoms with E-state index in [1.807, 2.05) is 19.1 Å². The second-order valence-electron chi connectivity index (χ2n) is 11.5. The standard InChI is InChI=1S/C22H32O4S.C7H14/c1-13(2)7-8-16-11-18(24)20(21(25)26-16)27-19-9-14(3)15(12-23)10-17(19)22(4,5)6;1-7-5-3-2-4-6-7/h9-10,13,16,23-24H,7-8,11-12H2,1-6H3;7H,2-6H2,1H3. The summed E-state index contributed by atoms with van der Waals surface area (Å²) in [7, 11) is 0. The Morgan fingerprint density at radius 1 is 1.15 bits per heavy atom. The zero-order valence-corrected chi connectivity index (χ0v) is 23.2. The number of aliphatic hydroxyl groups excluding tert-OH is 2. The van der Waals surface area contributed by atoms with Gasteiger partial charge in [-0.1, -0.05) is 91.5 Å². The number of esters is 1. The molecule has 1 aromatic carbocycles. The van der Waals surface area contributed by atoms with Crippen molar-refractivity contribution < 1.29 is 19.7 Å². The van der Waals surface area contributed by atoms with E-state index in [0.29, 0.717) is 12.3 Å². The van der Waals surface area contributed by atoms with Crippen molar-refractivity contribution in [2.75, 3.05) is 0 Å². The van der Waals surface area contributed by atoms with Crippen LogP contribution in [0.5, 0.6) is 0 Å². The van der Waals surface area contributed by atoms with E-state index in [4.69, 9.17) is 4.74 Å². The molecule has 2 N–H and O–H groups in total. The zero-order chi connectivity index (χ0) is 25.5. The lowest BCUT2D eigenvalue weighted by Gasteiger charge is -2.27. The molecule has 192 valence electrons. The Hall–Kier alpha value is -1.46. The first-order valence-electron chi connectivity index (χ1n) is 13.0. The highest BCUT2D eigenvalue weighted by atomic mass is 32.2. The summed E-state index contributed by atoms with van der Waals surface area (Å²) in [6, 6.07) is 3.98. The lowest BCUT2D eigenvalue weighted by atomic mass is 9.85. The van der Waals surface area contributed by atoms with E-state index in [-0.39, 0.29) is 28.8 Å². The number of hydrogen-bond donors (Lipinski definition) is 2. The molecule has 1 unspecified atom stereocenters. The van der Waals surface area contributed by atoms with Gasteiger partial charge in [-0.3, -0.25) is 0 Å². The number of carbonyl (C=O) groups excluding carboxylic acids is 1. The van der Waals surface area contributed by atoms with Crippen LogP contribution in [0.3, 0.4) is 0 Å². The number of benzene rings is 1. The summed E-state index contributed by atoms with van der Waals surface area (Å²) in [4.78, 5) is 13.7. The highest BCUT2D eigenvalue weighted by Crippen LogP contribution is 2.41. The first kappa shape index (κ1) is 28.8. The zero-order valence-electron chi connectivity index (χ0n) is 22.4. The maximum atomic E-state index is 12.5. The molecule has 34 heavy (non-hydrogen) atoms. The lowest BCUT2D eigenvalue weighted by molar-refractivity contribution is -0.146. The highest BCUT2D eigenvalue weighted by Gasteiger charge is 2.31. The Bertz CT molecular complexity index is 844. The normalized spacial score (nSPS) is 19.7. The highest BCUT2D eigenvalue weighted by molar-refractivity contribution is 8.04. The number of ether oxygens (including phenoxy) is 1. The van der Waals surface area contributed by atoms with Crippen molar-refractivity contribution in [1.29, 1.82) is 0 Å². The molecule has 1 fully saturated rings. The van der Waals surface area contributed by atoms with E-state index in [1.54, 1.807) is 0 Å². The molecule has 0 spiro atoms. The third-order valence-corrected chi connectivity index (χ3v) is 7.89. The van der Waals surface area contributed by atoms with Crippen LogP contribution < -0.4 is 0 Å².